The van der Waals surface area contributed by atoms with Gasteiger partial charge in [-0.1, -0.05) is 0 Å². The number of anilines is 1. The van der Waals surface area contributed by atoms with Gasteiger partial charge < -0.3 is 15.3 Å². The van der Waals surface area contributed by atoms with Crippen LogP contribution in [0.4, 0.5) is 10.1 Å². The van der Waals surface area contributed by atoms with Gasteiger partial charge in [0, 0.05) is 31.4 Å². The van der Waals surface area contributed by atoms with Gasteiger partial charge in [-0.3, -0.25) is 0 Å². The molecule has 1 aliphatic heterocycles. The van der Waals surface area contributed by atoms with Gasteiger partial charge in [-0.2, -0.15) is 0 Å². The molecule has 0 aromatic heterocycles. The van der Waals surface area contributed by atoms with Crippen molar-refractivity contribution in [1.29, 1.82) is 0 Å². The Labute approximate surface area is 99.0 Å². The summed E-state index contributed by atoms with van der Waals surface area (Å²) < 4.78 is 13.6. The lowest BCUT2D eigenvalue weighted by Gasteiger charge is -2.36. The Morgan fingerprint density at radius 3 is 2.94 bits per heavy atom. The number of hydrogen-bond acceptors (Lipinski definition) is 3. The summed E-state index contributed by atoms with van der Waals surface area (Å²) in [7, 11) is 0. The normalized spacial score (nSPS) is 20.4. The Morgan fingerprint density at radius 1 is 1.59 bits per heavy atom. The molecular weight excluding hydrogens is 223 g/mol. The molecular formula is C12H15FN2O2. The maximum absolute atomic E-state index is 13.6. The molecule has 0 aliphatic carbocycles. The molecule has 1 aliphatic rings. The van der Waals surface area contributed by atoms with E-state index in [0.717, 1.165) is 25.3 Å². The van der Waals surface area contributed by atoms with Crippen molar-refractivity contribution in [2.45, 2.75) is 13.0 Å². The molecule has 1 aromatic rings. The van der Waals surface area contributed by atoms with Gasteiger partial charge in [0.2, 0.25) is 0 Å². The molecule has 1 fully saturated rings. The Balaban J connectivity index is 2.27. The highest BCUT2D eigenvalue weighted by atomic mass is 19.1. The summed E-state index contributed by atoms with van der Waals surface area (Å²) in [5.74, 6) is -1.91. The van der Waals surface area contributed by atoms with Gasteiger partial charge in [0.05, 0.1) is 5.56 Å². The van der Waals surface area contributed by atoms with E-state index in [1.807, 2.05) is 0 Å². The van der Waals surface area contributed by atoms with E-state index in [9.17, 15) is 9.18 Å². The molecule has 0 radical (unpaired) electrons. The Hall–Kier alpha value is -1.62. The summed E-state index contributed by atoms with van der Waals surface area (Å²) in [6.45, 7) is 4.55. The zero-order chi connectivity index (χ0) is 12.4. The Kier molecular flexibility index (Phi) is 3.28. The van der Waals surface area contributed by atoms with Gasteiger partial charge in [-0.05, 0) is 25.1 Å². The van der Waals surface area contributed by atoms with Crippen molar-refractivity contribution >= 4 is 11.7 Å². The molecule has 1 saturated heterocycles. The fourth-order valence-corrected chi connectivity index (χ4v) is 2.08. The second-order valence-electron chi connectivity index (χ2n) is 4.22. The van der Waals surface area contributed by atoms with Gasteiger partial charge in [0.25, 0.3) is 0 Å². The number of piperazine rings is 1. The van der Waals surface area contributed by atoms with Crippen LogP contribution in [0.2, 0.25) is 0 Å². The van der Waals surface area contributed by atoms with E-state index in [4.69, 9.17) is 5.11 Å². The van der Waals surface area contributed by atoms with Crippen LogP contribution >= 0.6 is 0 Å². The zero-order valence-electron chi connectivity index (χ0n) is 9.61. The average molecular weight is 238 g/mol. The van der Waals surface area contributed by atoms with E-state index in [0.29, 0.717) is 0 Å². The first-order valence-electron chi connectivity index (χ1n) is 5.60. The minimum Gasteiger partial charge on any atom is -0.478 e. The first-order valence-corrected chi connectivity index (χ1v) is 5.60. The quantitative estimate of drug-likeness (QED) is 0.816. The highest BCUT2D eigenvalue weighted by molar-refractivity contribution is 5.88. The molecule has 0 spiro atoms. The highest BCUT2D eigenvalue weighted by Crippen LogP contribution is 2.21. The summed E-state index contributed by atoms with van der Waals surface area (Å²) in [4.78, 5) is 12.8. The maximum Gasteiger partial charge on any atom is 0.338 e. The lowest BCUT2D eigenvalue weighted by atomic mass is 10.1. The fraction of sp³-hybridized carbons (Fsp3) is 0.417. The largest absolute Gasteiger partial charge is 0.478 e. The van der Waals surface area contributed by atoms with Crippen molar-refractivity contribution in [3.8, 4) is 0 Å². The molecule has 2 rings (SSSR count). The number of carboxylic acids is 1. The van der Waals surface area contributed by atoms with Crippen molar-refractivity contribution in [2.24, 2.45) is 0 Å². The van der Waals surface area contributed by atoms with Crippen molar-refractivity contribution in [3.63, 3.8) is 0 Å². The number of carboxylic acid groups (broad SMARTS) is 1. The smallest absolute Gasteiger partial charge is 0.338 e. The van der Waals surface area contributed by atoms with Crippen LogP contribution in [-0.2, 0) is 0 Å². The minimum absolute atomic E-state index is 0.277. The van der Waals surface area contributed by atoms with Crippen molar-refractivity contribution in [1.82, 2.24) is 5.32 Å². The van der Waals surface area contributed by atoms with Crippen LogP contribution in [-0.4, -0.2) is 36.8 Å². The molecule has 4 nitrogen and oxygen atoms in total. The highest BCUT2D eigenvalue weighted by Gasteiger charge is 2.20. The zero-order valence-corrected chi connectivity index (χ0v) is 9.61. The van der Waals surface area contributed by atoms with Crippen LogP contribution in [0.3, 0.4) is 0 Å². The molecule has 0 unspecified atom stereocenters. The third kappa shape index (κ3) is 2.39. The summed E-state index contributed by atoms with van der Waals surface area (Å²) in [5, 5.41) is 12.0. The molecule has 0 saturated carbocycles. The molecule has 0 amide bonds. The van der Waals surface area contributed by atoms with Crippen LogP contribution in [0.5, 0.6) is 0 Å². The van der Waals surface area contributed by atoms with Gasteiger partial charge in [-0.25, -0.2) is 9.18 Å². The van der Waals surface area contributed by atoms with E-state index >= 15 is 0 Å². The molecule has 1 aromatic carbocycles. The standard InChI is InChI=1S/C12H15FN2O2/c1-8-7-14-4-5-15(8)9-2-3-10(12(16)17)11(13)6-9/h2-3,6,8,14H,4-5,7H2,1H3,(H,16,17)/t8-/m0/s1. The van der Waals surface area contributed by atoms with E-state index < -0.39 is 11.8 Å². The van der Waals surface area contributed by atoms with E-state index in [1.54, 1.807) is 6.07 Å². The monoisotopic (exact) mass is 238 g/mol. The van der Waals surface area contributed by atoms with E-state index in [2.05, 4.69) is 17.1 Å². The molecule has 0 bridgehead atoms. The van der Waals surface area contributed by atoms with Crippen LogP contribution in [0.15, 0.2) is 18.2 Å². The Bertz CT molecular complexity index is 437. The van der Waals surface area contributed by atoms with Gasteiger partial charge in [0.1, 0.15) is 5.82 Å². The number of benzene rings is 1. The van der Waals surface area contributed by atoms with Gasteiger partial charge in [0.15, 0.2) is 0 Å². The molecule has 92 valence electrons. The lowest BCUT2D eigenvalue weighted by Crippen LogP contribution is -2.49. The van der Waals surface area contributed by atoms with Crippen LogP contribution in [0.1, 0.15) is 17.3 Å². The van der Waals surface area contributed by atoms with Crippen molar-refractivity contribution in [2.75, 3.05) is 24.5 Å². The van der Waals surface area contributed by atoms with Crippen LogP contribution in [0.25, 0.3) is 0 Å². The predicted octanol–water partition coefficient (Wildman–Crippen LogP) is 1.32. The van der Waals surface area contributed by atoms with Gasteiger partial charge in [-0.15, -0.1) is 0 Å². The maximum atomic E-state index is 13.6. The summed E-state index contributed by atoms with van der Waals surface area (Å²) in [6.07, 6.45) is 0. The van der Waals surface area contributed by atoms with Crippen molar-refractivity contribution < 1.29 is 14.3 Å². The third-order valence-electron chi connectivity index (χ3n) is 3.02. The predicted molar refractivity (Wildman–Crippen MR) is 63.0 cm³/mol. The van der Waals surface area contributed by atoms with Gasteiger partial charge >= 0.3 is 5.97 Å². The van der Waals surface area contributed by atoms with E-state index in [-0.39, 0.29) is 11.6 Å². The first kappa shape index (κ1) is 11.9. The number of hydrogen-bond donors (Lipinski definition) is 2. The SMILES string of the molecule is C[C@H]1CNCCN1c1ccc(C(=O)O)c(F)c1. The Morgan fingerprint density at radius 2 is 2.35 bits per heavy atom. The molecule has 5 heteroatoms. The third-order valence-corrected chi connectivity index (χ3v) is 3.02. The fourth-order valence-electron chi connectivity index (χ4n) is 2.08. The second-order valence-corrected chi connectivity index (χ2v) is 4.22. The summed E-state index contributed by atoms with van der Waals surface area (Å²) >= 11 is 0. The lowest BCUT2D eigenvalue weighted by molar-refractivity contribution is 0.0692. The van der Waals surface area contributed by atoms with Crippen molar-refractivity contribution in [3.05, 3.63) is 29.6 Å². The number of nitrogens with zero attached hydrogens (tertiary/aromatic N) is 1. The second kappa shape index (κ2) is 4.71. The molecule has 1 heterocycles. The van der Waals surface area contributed by atoms with Crippen LogP contribution < -0.4 is 10.2 Å². The molecule has 2 N–H and O–H groups in total. The van der Waals surface area contributed by atoms with Crippen LogP contribution in [0, 0.1) is 5.82 Å². The molecule has 1 atom stereocenters. The average Bonchev–Trinajstić information content (AvgIpc) is 2.29. The first-order chi connectivity index (χ1) is 8.09. The van der Waals surface area contributed by atoms with E-state index in [1.165, 1.54) is 12.1 Å². The topological polar surface area (TPSA) is 52.6 Å². The minimum atomic E-state index is -1.23. The number of halogens is 1. The number of aromatic carboxylic acids is 1. The molecule has 17 heavy (non-hydrogen) atoms. The summed E-state index contributed by atoms with van der Waals surface area (Å²) in [6, 6.07) is 4.56. The number of rotatable bonds is 2. The number of carbonyl (C=O) groups is 1. The summed E-state index contributed by atoms with van der Waals surface area (Å²) in [5.41, 5.74) is 0.457. The number of nitrogens with one attached hydrogen (secondary N) is 1.